The summed E-state index contributed by atoms with van der Waals surface area (Å²) in [6, 6.07) is 28.7. The first-order valence-electron chi connectivity index (χ1n) is 9.44. The van der Waals surface area contributed by atoms with Crippen molar-refractivity contribution in [3.05, 3.63) is 103 Å². The molecule has 1 nitrogen and oxygen atoms in total. The number of nitrogens with zero attached hydrogens (tertiary/aromatic N) is 1. The molecular formula is C24H25I2N. The lowest BCUT2D eigenvalue weighted by Gasteiger charge is -2.22. The van der Waals surface area contributed by atoms with Crippen LogP contribution in [0.15, 0.2) is 78.9 Å². The van der Waals surface area contributed by atoms with E-state index in [2.05, 4.69) is 129 Å². The van der Waals surface area contributed by atoms with E-state index in [-0.39, 0.29) is 0 Å². The second-order valence-corrected chi connectivity index (χ2v) is 9.32. The highest BCUT2D eigenvalue weighted by molar-refractivity contribution is 14.1. The number of rotatable bonds is 9. The number of benzene rings is 3. The van der Waals surface area contributed by atoms with Crippen LogP contribution in [0.5, 0.6) is 0 Å². The smallest absolute Gasteiger partial charge is 0.0130 e. The maximum atomic E-state index is 2.61. The molecule has 0 aliphatic heterocycles. The van der Waals surface area contributed by atoms with Gasteiger partial charge in [0.05, 0.1) is 0 Å². The largest absolute Gasteiger partial charge is 0.302 e. The van der Waals surface area contributed by atoms with E-state index < -0.39 is 0 Å². The monoisotopic (exact) mass is 581 g/mol. The fraction of sp³-hybridized carbons (Fsp3) is 0.250. The Morgan fingerprint density at radius 1 is 0.481 bits per heavy atom. The molecule has 0 amide bonds. The molecule has 0 bridgehead atoms. The first-order chi connectivity index (χ1) is 13.2. The highest BCUT2D eigenvalue weighted by Crippen LogP contribution is 2.11. The van der Waals surface area contributed by atoms with Crippen molar-refractivity contribution in [3.63, 3.8) is 0 Å². The van der Waals surface area contributed by atoms with Crippen molar-refractivity contribution in [2.75, 3.05) is 19.6 Å². The summed E-state index contributed by atoms with van der Waals surface area (Å²) < 4.78 is 2.60. The molecule has 0 radical (unpaired) electrons. The van der Waals surface area contributed by atoms with Gasteiger partial charge in [0.1, 0.15) is 0 Å². The van der Waals surface area contributed by atoms with Crippen molar-refractivity contribution < 1.29 is 0 Å². The average molecular weight is 581 g/mol. The molecule has 0 aromatic heterocycles. The summed E-state index contributed by atoms with van der Waals surface area (Å²) in [5, 5.41) is 0. The second-order valence-electron chi connectivity index (χ2n) is 6.83. The summed E-state index contributed by atoms with van der Waals surface area (Å²) in [5.41, 5.74) is 4.27. The topological polar surface area (TPSA) is 3.24 Å². The van der Waals surface area contributed by atoms with E-state index in [4.69, 9.17) is 0 Å². The van der Waals surface area contributed by atoms with Gasteiger partial charge in [-0.05, 0) is 105 Å². The molecule has 0 unspecified atom stereocenters. The number of halogens is 2. The van der Waals surface area contributed by atoms with Crippen LogP contribution in [0.1, 0.15) is 16.7 Å². The van der Waals surface area contributed by atoms with Crippen LogP contribution in [-0.2, 0) is 19.3 Å². The Balaban J connectivity index is 1.58. The van der Waals surface area contributed by atoms with Gasteiger partial charge in [-0.15, -0.1) is 0 Å². The highest BCUT2D eigenvalue weighted by atomic mass is 127. The van der Waals surface area contributed by atoms with Crippen molar-refractivity contribution in [2.24, 2.45) is 0 Å². The molecule has 0 aliphatic rings. The Morgan fingerprint density at radius 2 is 0.852 bits per heavy atom. The first-order valence-corrected chi connectivity index (χ1v) is 11.6. The van der Waals surface area contributed by atoms with Crippen molar-refractivity contribution in [1.82, 2.24) is 4.90 Å². The Hall–Kier alpha value is -0.920. The van der Waals surface area contributed by atoms with Crippen LogP contribution < -0.4 is 0 Å². The van der Waals surface area contributed by atoms with Crippen LogP contribution in [0, 0.1) is 7.14 Å². The van der Waals surface area contributed by atoms with Gasteiger partial charge < -0.3 is 4.90 Å². The van der Waals surface area contributed by atoms with Crippen molar-refractivity contribution >= 4 is 45.2 Å². The molecule has 3 heteroatoms. The molecule has 0 saturated carbocycles. The van der Waals surface area contributed by atoms with Gasteiger partial charge in [0, 0.05) is 26.8 Å². The maximum absolute atomic E-state index is 2.61. The van der Waals surface area contributed by atoms with Crippen LogP contribution in [-0.4, -0.2) is 24.5 Å². The van der Waals surface area contributed by atoms with Gasteiger partial charge in [-0.2, -0.15) is 0 Å². The Kier molecular flexibility index (Phi) is 8.61. The molecule has 0 fully saturated rings. The van der Waals surface area contributed by atoms with E-state index in [0.29, 0.717) is 0 Å². The third kappa shape index (κ3) is 7.54. The van der Waals surface area contributed by atoms with Gasteiger partial charge in [0.25, 0.3) is 0 Å². The quantitative estimate of drug-likeness (QED) is 0.271. The van der Waals surface area contributed by atoms with E-state index in [9.17, 15) is 0 Å². The van der Waals surface area contributed by atoms with E-state index in [1.165, 1.54) is 23.8 Å². The van der Waals surface area contributed by atoms with Gasteiger partial charge in [-0.25, -0.2) is 0 Å². The molecule has 0 spiro atoms. The third-order valence-corrected chi connectivity index (χ3v) is 6.26. The fourth-order valence-electron chi connectivity index (χ4n) is 3.14. The fourth-order valence-corrected chi connectivity index (χ4v) is 3.86. The predicted molar refractivity (Wildman–Crippen MR) is 132 cm³/mol. The summed E-state index contributed by atoms with van der Waals surface area (Å²) in [4.78, 5) is 2.61. The molecule has 140 valence electrons. The average Bonchev–Trinajstić information content (AvgIpc) is 2.70. The second kappa shape index (κ2) is 11.2. The maximum Gasteiger partial charge on any atom is 0.0130 e. The molecule has 3 aromatic carbocycles. The standard InChI is InChI=1S/C24H25I2N/c25-23-10-6-21(7-11-23)15-18-27(17-14-20-4-2-1-3-5-20)19-16-22-8-12-24(26)13-9-22/h1-13H,14-19H2. The number of hydrogen-bond donors (Lipinski definition) is 0. The van der Waals surface area contributed by atoms with Gasteiger partial charge in [-0.3, -0.25) is 0 Å². The molecular weight excluding hydrogens is 556 g/mol. The summed E-state index contributed by atoms with van der Waals surface area (Å²) in [6.45, 7) is 3.33. The van der Waals surface area contributed by atoms with Crippen LogP contribution in [0.4, 0.5) is 0 Å². The molecule has 3 rings (SSSR count). The van der Waals surface area contributed by atoms with Gasteiger partial charge in [-0.1, -0.05) is 54.6 Å². The predicted octanol–water partition coefficient (Wildman–Crippen LogP) is 6.23. The zero-order valence-electron chi connectivity index (χ0n) is 15.5. The summed E-state index contributed by atoms with van der Waals surface area (Å²) in [7, 11) is 0. The van der Waals surface area contributed by atoms with Gasteiger partial charge in [0.15, 0.2) is 0 Å². The molecule has 3 aromatic rings. The summed E-state index contributed by atoms with van der Waals surface area (Å²) in [5.74, 6) is 0. The van der Waals surface area contributed by atoms with Gasteiger partial charge >= 0.3 is 0 Å². The highest BCUT2D eigenvalue weighted by Gasteiger charge is 2.07. The normalized spacial score (nSPS) is 11.1. The first kappa shape index (κ1) is 20.8. The third-order valence-electron chi connectivity index (χ3n) is 4.82. The van der Waals surface area contributed by atoms with Crippen LogP contribution in [0.25, 0.3) is 0 Å². The lowest BCUT2D eigenvalue weighted by molar-refractivity contribution is 0.284. The molecule has 0 N–H and O–H groups in total. The van der Waals surface area contributed by atoms with E-state index in [1.807, 2.05) is 0 Å². The van der Waals surface area contributed by atoms with Crippen LogP contribution in [0.2, 0.25) is 0 Å². The molecule has 27 heavy (non-hydrogen) atoms. The molecule has 0 atom stereocenters. The Morgan fingerprint density at radius 3 is 1.26 bits per heavy atom. The van der Waals surface area contributed by atoms with E-state index in [1.54, 1.807) is 0 Å². The lowest BCUT2D eigenvalue weighted by atomic mass is 10.1. The van der Waals surface area contributed by atoms with Crippen molar-refractivity contribution in [3.8, 4) is 0 Å². The Labute approximate surface area is 190 Å². The lowest BCUT2D eigenvalue weighted by Crippen LogP contribution is -2.30. The minimum absolute atomic E-state index is 1.11. The van der Waals surface area contributed by atoms with Crippen LogP contribution >= 0.6 is 45.2 Å². The minimum Gasteiger partial charge on any atom is -0.302 e. The zero-order chi connectivity index (χ0) is 18.9. The van der Waals surface area contributed by atoms with E-state index >= 15 is 0 Å². The molecule has 0 saturated heterocycles. The number of hydrogen-bond acceptors (Lipinski definition) is 1. The summed E-state index contributed by atoms with van der Waals surface area (Å²) >= 11 is 4.74. The van der Waals surface area contributed by atoms with E-state index in [0.717, 1.165) is 38.9 Å². The SMILES string of the molecule is Ic1ccc(CCN(CCc2ccccc2)CCc2ccc(I)cc2)cc1. The summed E-state index contributed by atoms with van der Waals surface area (Å²) in [6.07, 6.45) is 3.33. The van der Waals surface area contributed by atoms with Gasteiger partial charge in [0.2, 0.25) is 0 Å². The van der Waals surface area contributed by atoms with Crippen molar-refractivity contribution in [2.45, 2.75) is 19.3 Å². The minimum atomic E-state index is 1.11. The molecule has 0 aliphatic carbocycles. The molecule has 0 heterocycles. The zero-order valence-corrected chi connectivity index (χ0v) is 19.8. The van der Waals surface area contributed by atoms with Crippen LogP contribution in [0.3, 0.4) is 0 Å². The Bertz CT molecular complexity index is 749. The van der Waals surface area contributed by atoms with Crippen molar-refractivity contribution in [1.29, 1.82) is 0 Å².